The van der Waals surface area contributed by atoms with Gasteiger partial charge in [0.2, 0.25) is 0 Å². The fourth-order valence-corrected chi connectivity index (χ4v) is 3.19. The molecule has 0 saturated heterocycles. The molecule has 0 amide bonds. The van der Waals surface area contributed by atoms with Crippen LogP contribution in [0.25, 0.3) is 33.1 Å². The Labute approximate surface area is 138 Å². The van der Waals surface area contributed by atoms with E-state index >= 15 is 0 Å². The number of rotatable bonds is 1. The first-order chi connectivity index (χ1) is 10.2. The van der Waals surface area contributed by atoms with Crippen molar-refractivity contribution in [3.05, 3.63) is 69.6 Å². The van der Waals surface area contributed by atoms with E-state index in [0.29, 0.717) is 0 Å². The van der Waals surface area contributed by atoms with Crippen molar-refractivity contribution in [2.45, 2.75) is 0 Å². The van der Waals surface area contributed by atoms with Crippen LogP contribution in [0.2, 0.25) is 0 Å². The Morgan fingerprint density at radius 1 is 0.667 bits per heavy atom. The predicted molar refractivity (Wildman–Crippen MR) is 94.6 cm³/mol. The predicted octanol–water partition coefficient (Wildman–Crippen LogP) is 6.78. The highest BCUT2D eigenvalue weighted by atomic mass is 79.9. The second kappa shape index (κ2) is 5.00. The summed E-state index contributed by atoms with van der Waals surface area (Å²) in [6.07, 6.45) is 0. The zero-order valence-electron chi connectivity index (χ0n) is 10.9. The topological polar surface area (TPSA) is 13.1 Å². The van der Waals surface area contributed by atoms with Gasteiger partial charge in [-0.1, -0.05) is 56.1 Å². The maximum absolute atomic E-state index is 6.01. The van der Waals surface area contributed by atoms with Crippen molar-refractivity contribution in [1.82, 2.24) is 0 Å². The van der Waals surface area contributed by atoms with E-state index < -0.39 is 0 Å². The molecule has 0 aliphatic heterocycles. The van der Waals surface area contributed by atoms with Crippen molar-refractivity contribution in [2.24, 2.45) is 0 Å². The normalized spacial score (nSPS) is 11.3. The van der Waals surface area contributed by atoms with Crippen LogP contribution >= 0.6 is 31.9 Å². The molecule has 1 heterocycles. The Morgan fingerprint density at radius 2 is 1.38 bits per heavy atom. The zero-order valence-corrected chi connectivity index (χ0v) is 14.1. The average Bonchev–Trinajstić information content (AvgIpc) is 2.92. The van der Waals surface area contributed by atoms with E-state index in [9.17, 15) is 0 Å². The molecule has 1 nitrogen and oxygen atoms in total. The lowest BCUT2D eigenvalue weighted by atomic mass is 10.1. The third kappa shape index (κ3) is 2.30. The fraction of sp³-hybridized carbons (Fsp3) is 0. The lowest BCUT2D eigenvalue weighted by Gasteiger charge is -1.99. The average molecular weight is 402 g/mol. The minimum atomic E-state index is 0.893. The molecule has 0 spiro atoms. The van der Waals surface area contributed by atoms with Crippen LogP contribution in [0.5, 0.6) is 0 Å². The Bertz CT molecular complexity index is 952. The van der Waals surface area contributed by atoms with Crippen molar-refractivity contribution in [3.8, 4) is 11.3 Å². The highest BCUT2D eigenvalue weighted by Crippen LogP contribution is 2.34. The molecule has 1 aromatic heterocycles. The van der Waals surface area contributed by atoms with Gasteiger partial charge in [-0.2, -0.15) is 0 Å². The van der Waals surface area contributed by atoms with Crippen molar-refractivity contribution in [3.63, 3.8) is 0 Å². The number of halogens is 2. The number of hydrogen-bond donors (Lipinski definition) is 0. The summed E-state index contributed by atoms with van der Waals surface area (Å²) in [4.78, 5) is 0. The second-order valence-electron chi connectivity index (χ2n) is 4.96. The maximum atomic E-state index is 6.01. The third-order valence-corrected chi connectivity index (χ3v) is 4.63. The molecule has 4 aromatic rings. The molecular formula is C18H10Br2O. The molecule has 0 atom stereocenters. The van der Waals surface area contributed by atoms with E-state index in [1.54, 1.807) is 0 Å². The number of hydrogen-bond acceptors (Lipinski definition) is 1. The lowest BCUT2D eigenvalue weighted by molar-refractivity contribution is 0.632. The highest BCUT2D eigenvalue weighted by Gasteiger charge is 2.09. The largest absolute Gasteiger partial charge is 0.456 e. The molecule has 0 radical (unpaired) electrons. The van der Waals surface area contributed by atoms with Gasteiger partial charge in [0.25, 0.3) is 0 Å². The second-order valence-corrected chi connectivity index (χ2v) is 6.79. The van der Waals surface area contributed by atoms with Crippen LogP contribution in [0.15, 0.2) is 74.0 Å². The molecule has 0 unspecified atom stereocenters. The van der Waals surface area contributed by atoms with Gasteiger partial charge < -0.3 is 4.42 Å². The number of fused-ring (bicyclic) bond motifs is 3. The number of benzene rings is 3. The van der Waals surface area contributed by atoms with E-state index in [0.717, 1.165) is 31.2 Å². The molecular weight excluding hydrogens is 392 g/mol. The molecule has 3 aromatic carbocycles. The fourth-order valence-electron chi connectivity index (χ4n) is 2.57. The van der Waals surface area contributed by atoms with Crippen LogP contribution in [0, 0.1) is 0 Å². The van der Waals surface area contributed by atoms with Gasteiger partial charge in [-0.25, -0.2) is 0 Å². The van der Waals surface area contributed by atoms with Crippen LogP contribution in [-0.4, -0.2) is 0 Å². The Morgan fingerprint density at radius 3 is 2.19 bits per heavy atom. The quantitative estimate of drug-likeness (QED) is 0.342. The van der Waals surface area contributed by atoms with E-state index in [1.165, 1.54) is 10.8 Å². The van der Waals surface area contributed by atoms with E-state index in [2.05, 4.69) is 74.3 Å². The van der Waals surface area contributed by atoms with Gasteiger partial charge in [0, 0.05) is 19.9 Å². The summed E-state index contributed by atoms with van der Waals surface area (Å²) in [5, 5.41) is 3.56. The van der Waals surface area contributed by atoms with E-state index in [4.69, 9.17) is 4.42 Å². The molecule has 21 heavy (non-hydrogen) atoms. The van der Waals surface area contributed by atoms with Crippen molar-refractivity contribution in [1.29, 1.82) is 0 Å². The smallest absolute Gasteiger partial charge is 0.135 e. The summed E-state index contributed by atoms with van der Waals surface area (Å²) in [6, 6.07) is 20.7. The van der Waals surface area contributed by atoms with Gasteiger partial charge in [-0.05, 0) is 47.2 Å². The molecule has 0 saturated carbocycles. The molecule has 0 aliphatic rings. The van der Waals surface area contributed by atoms with Crippen molar-refractivity contribution < 1.29 is 4.42 Å². The van der Waals surface area contributed by atoms with Gasteiger partial charge >= 0.3 is 0 Å². The minimum absolute atomic E-state index is 0.893. The summed E-state index contributed by atoms with van der Waals surface area (Å²) in [6.45, 7) is 0. The number of furan rings is 1. The van der Waals surface area contributed by atoms with Crippen LogP contribution in [0.3, 0.4) is 0 Å². The van der Waals surface area contributed by atoms with Crippen LogP contribution < -0.4 is 0 Å². The first kappa shape index (κ1) is 13.1. The van der Waals surface area contributed by atoms with E-state index in [1.807, 2.05) is 18.2 Å². The summed E-state index contributed by atoms with van der Waals surface area (Å²) >= 11 is 7.00. The zero-order chi connectivity index (χ0) is 14.4. The van der Waals surface area contributed by atoms with Crippen LogP contribution in [-0.2, 0) is 0 Å². The standard InChI is InChI=1S/C18H10Br2O/c19-13-5-2-12(3-6-13)18-10-16-15-9-14(20)7-1-11(15)4-8-17(16)21-18/h1-10H. The Kier molecular flexibility index (Phi) is 3.12. The summed E-state index contributed by atoms with van der Waals surface area (Å²) in [5.41, 5.74) is 2.00. The van der Waals surface area contributed by atoms with Gasteiger partial charge in [-0.3, -0.25) is 0 Å². The SMILES string of the molecule is Brc1ccc(-c2cc3c(ccc4ccc(Br)cc43)o2)cc1. The van der Waals surface area contributed by atoms with Gasteiger partial charge in [0.1, 0.15) is 11.3 Å². The molecule has 0 fully saturated rings. The third-order valence-electron chi connectivity index (χ3n) is 3.61. The summed E-state index contributed by atoms with van der Waals surface area (Å²) in [7, 11) is 0. The van der Waals surface area contributed by atoms with Gasteiger partial charge in [0.05, 0.1) is 0 Å². The Hall–Kier alpha value is -1.58. The van der Waals surface area contributed by atoms with Crippen LogP contribution in [0.4, 0.5) is 0 Å². The molecule has 0 N–H and O–H groups in total. The molecule has 102 valence electrons. The summed E-state index contributed by atoms with van der Waals surface area (Å²) < 4.78 is 8.16. The minimum Gasteiger partial charge on any atom is -0.456 e. The molecule has 0 aliphatic carbocycles. The molecule has 0 bridgehead atoms. The van der Waals surface area contributed by atoms with Gasteiger partial charge in [0.15, 0.2) is 0 Å². The highest BCUT2D eigenvalue weighted by molar-refractivity contribution is 9.10. The Balaban J connectivity index is 1.99. The van der Waals surface area contributed by atoms with Crippen molar-refractivity contribution >= 4 is 53.6 Å². The lowest BCUT2D eigenvalue weighted by Crippen LogP contribution is -1.73. The molecule has 3 heteroatoms. The van der Waals surface area contributed by atoms with Gasteiger partial charge in [-0.15, -0.1) is 0 Å². The monoisotopic (exact) mass is 400 g/mol. The first-order valence-electron chi connectivity index (χ1n) is 6.58. The van der Waals surface area contributed by atoms with E-state index in [-0.39, 0.29) is 0 Å². The first-order valence-corrected chi connectivity index (χ1v) is 8.17. The maximum Gasteiger partial charge on any atom is 0.135 e. The van der Waals surface area contributed by atoms with Crippen molar-refractivity contribution in [2.75, 3.05) is 0 Å². The summed E-state index contributed by atoms with van der Waals surface area (Å²) in [5.74, 6) is 0.893. The van der Waals surface area contributed by atoms with Crippen LogP contribution in [0.1, 0.15) is 0 Å². The molecule has 4 rings (SSSR count).